The zero-order valence-electron chi connectivity index (χ0n) is 15.7. The summed E-state index contributed by atoms with van der Waals surface area (Å²) in [5, 5.41) is 12.6. The fourth-order valence-corrected chi connectivity index (χ4v) is 3.22. The van der Waals surface area contributed by atoms with E-state index in [1.165, 1.54) is 6.54 Å². The lowest BCUT2D eigenvalue weighted by atomic mass is 10.0. The Kier molecular flexibility index (Phi) is 10.3. The monoisotopic (exact) mass is 326 g/mol. The van der Waals surface area contributed by atoms with Crippen LogP contribution in [0.15, 0.2) is 4.99 Å². The number of nitrogens with zero attached hydrogens (tertiary/aromatic N) is 3. The van der Waals surface area contributed by atoms with Gasteiger partial charge in [-0.05, 0) is 31.6 Å². The van der Waals surface area contributed by atoms with E-state index in [-0.39, 0.29) is 6.61 Å². The maximum Gasteiger partial charge on any atom is 0.194 e. The summed E-state index contributed by atoms with van der Waals surface area (Å²) >= 11 is 0. The van der Waals surface area contributed by atoms with Crippen molar-refractivity contribution >= 4 is 5.96 Å². The minimum absolute atomic E-state index is 0.268. The standard InChI is InChI=1S/C18H38N4O/c1-5-7-17(8-13-23)14-20-18(19-6-2)22-11-9-21(10-12-22)15-16(3)4/h16-17,23H,5-15H2,1-4H3,(H,19,20). The van der Waals surface area contributed by atoms with Crippen molar-refractivity contribution in [2.75, 3.05) is 52.4 Å². The first-order valence-electron chi connectivity index (χ1n) is 9.47. The number of aliphatic hydroxyl groups excluding tert-OH is 1. The molecule has 0 aromatic heterocycles. The van der Waals surface area contributed by atoms with Crippen molar-refractivity contribution in [2.45, 2.75) is 47.0 Å². The fourth-order valence-electron chi connectivity index (χ4n) is 3.22. The second-order valence-corrected chi connectivity index (χ2v) is 7.04. The van der Waals surface area contributed by atoms with E-state index in [4.69, 9.17) is 4.99 Å². The highest BCUT2D eigenvalue weighted by atomic mass is 16.3. The lowest BCUT2D eigenvalue weighted by Gasteiger charge is -2.37. The van der Waals surface area contributed by atoms with Crippen LogP contribution in [-0.2, 0) is 0 Å². The molecule has 1 heterocycles. The second-order valence-electron chi connectivity index (χ2n) is 7.04. The number of aliphatic hydroxyl groups is 1. The number of rotatable bonds is 9. The molecule has 0 spiro atoms. The molecular weight excluding hydrogens is 288 g/mol. The minimum Gasteiger partial charge on any atom is -0.396 e. The third kappa shape index (κ3) is 8.02. The molecule has 1 fully saturated rings. The Morgan fingerprint density at radius 1 is 1.13 bits per heavy atom. The van der Waals surface area contributed by atoms with Gasteiger partial charge in [0.05, 0.1) is 0 Å². The van der Waals surface area contributed by atoms with Crippen LogP contribution in [0.1, 0.15) is 47.0 Å². The van der Waals surface area contributed by atoms with Crippen LogP contribution in [0.2, 0.25) is 0 Å². The van der Waals surface area contributed by atoms with Gasteiger partial charge in [-0.15, -0.1) is 0 Å². The first kappa shape index (κ1) is 20.2. The normalized spacial score (nSPS) is 18.5. The Hall–Kier alpha value is -0.810. The number of hydrogen-bond acceptors (Lipinski definition) is 3. The van der Waals surface area contributed by atoms with E-state index in [1.807, 2.05) is 0 Å². The summed E-state index contributed by atoms with van der Waals surface area (Å²) in [6.07, 6.45) is 3.16. The number of nitrogens with one attached hydrogen (secondary N) is 1. The summed E-state index contributed by atoms with van der Waals surface area (Å²) in [6, 6.07) is 0. The van der Waals surface area contributed by atoms with Crippen LogP contribution in [0.25, 0.3) is 0 Å². The predicted molar refractivity (Wildman–Crippen MR) is 98.9 cm³/mol. The molecule has 0 aromatic carbocycles. The molecule has 23 heavy (non-hydrogen) atoms. The second kappa shape index (κ2) is 11.7. The molecule has 0 aliphatic carbocycles. The van der Waals surface area contributed by atoms with Crippen molar-refractivity contribution in [3.05, 3.63) is 0 Å². The number of piperazine rings is 1. The van der Waals surface area contributed by atoms with Gasteiger partial charge in [0.1, 0.15) is 0 Å². The molecule has 0 aromatic rings. The maximum atomic E-state index is 9.20. The molecule has 2 N–H and O–H groups in total. The van der Waals surface area contributed by atoms with Crippen molar-refractivity contribution in [1.29, 1.82) is 0 Å². The molecule has 0 bridgehead atoms. The molecule has 5 heteroatoms. The number of aliphatic imine (C=N–C) groups is 1. The summed E-state index contributed by atoms with van der Waals surface area (Å²) in [5.41, 5.74) is 0. The van der Waals surface area contributed by atoms with Crippen molar-refractivity contribution in [3.63, 3.8) is 0 Å². The van der Waals surface area contributed by atoms with Crippen LogP contribution in [0.4, 0.5) is 0 Å². The quantitative estimate of drug-likeness (QED) is 0.503. The van der Waals surface area contributed by atoms with Gasteiger partial charge in [0.2, 0.25) is 0 Å². The molecule has 0 amide bonds. The van der Waals surface area contributed by atoms with Gasteiger partial charge >= 0.3 is 0 Å². The topological polar surface area (TPSA) is 51.1 Å². The van der Waals surface area contributed by atoms with Crippen LogP contribution >= 0.6 is 0 Å². The molecule has 1 saturated heterocycles. The van der Waals surface area contributed by atoms with Crippen LogP contribution in [0.3, 0.4) is 0 Å². The lowest BCUT2D eigenvalue weighted by Crippen LogP contribution is -2.53. The van der Waals surface area contributed by atoms with Gasteiger partial charge in [-0.1, -0.05) is 27.2 Å². The highest BCUT2D eigenvalue weighted by Gasteiger charge is 2.20. The van der Waals surface area contributed by atoms with Crippen LogP contribution in [0.5, 0.6) is 0 Å². The Balaban J connectivity index is 2.55. The molecule has 1 aliphatic rings. The molecule has 1 unspecified atom stereocenters. The number of guanidine groups is 1. The summed E-state index contributed by atoms with van der Waals surface area (Å²) in [5.74, 6) is 2.29. The van der Waals surface area contributed by atoms with E-state index in [9.17, 15) is 5.11 Å². The summed E-state index contributed by atoms with van der Waals surface area (Å²) in [6.45, 7) is 16.4. The van der Waals surface area contributed by atoms with E-state index in [2.05, 4.69) is 42.8 Å². The van der Waals surface area contributed by atoms with Gasteiger partial charge in [0, 0.05) is 52.4 Å². The zero-order chi connectivity index (χ0) is 17.1. The first-order chi connectivity index (χ1) is 11.1. The molecule has 5 nitrogen and oxygen atoms in total. The van der Waals surface area contributed by atoms with E-state index in [0.29, 0.717) is 5.92 Å². The maximum absolute atomic E-state index is 9.20. The highest BCUT2D eigenvalue weighted by molar-refractivity contribution is 5.80. The minimum atomic E-state index is 0.268. The van der Waals surface area contributed by atoms with Crippen molar-refractivity contribution in [2.24, 2.45) is 16.8 Å². The van der Waals surface area contributed by atoms with Crippen molar-refractivity contribution in [3.8, 4) is 0 Å². The molecule has 0 saturated carbocycles. The Morgan fingerprint density at radius 3 is 2.35 bits per heavy atom. The molecular formula is C18H38N4O. The molecule has 1 atom stereocenters. The third-order valence-corrected chi connectivity index (χ3v) is 4.36. The predicted octanol–water partition coefficient (Wildman–Crippen LogP) is 2.02. The number of hydrogen-bond donors (Lipinski definition) is 2. The van der Waals surface area contributed by atoms with Crippen LogP contribution in [-0.4, -0.2) is 73.3 Å². The SMILES string of the molecule is CCCC(CCO)CN=C(NCC)N1CCN(CC(C)C)CC1. The van der Waals surface area contributed by atoms with Gasteiger partial charge in [0.15, 0.2) is 5.96 Å². The van der Waals surface area contributed by atoms with Crippen LogP contribution in [0, 0.1) is 11.8 Å². The summed E-state index contributed by atoms with van der Waals surface area (Å²) < 4.78 is 0. The summed E-state index contributed by atoms with van der Waals surface area (Å²) in [4.78, 5) is 9.81. The average Bonchev–Trinajstić information content (AvgIpc) is 2.52. The molecule has 136 valence electrons. The van der Waals surface area contributed by atoms with Crippen molar-refractivity contribution in [1.82, 2.24) is 15.1 Å². The third-order valence-electron chi connectivity index (χ3n) is 4.36. The Morgan fingerprint density at radius 2 is 1.83 bits per heavy atom. The highest BCUT2D eigenvalue weighted by Crippen LogP contribution is 2.12. The molecule has 0 radical (unpaired) electrons. The van der Waals surface area contributed by atoms with Gasteiger partial charge in [0.25, 0.3) is 0 Å². The largest absolute Gasteiger partial charge is 0.396 e. The molecule has 1 rings (SSSR count). The zero-order valence-corrected chi connectivity index (χ0v) is 15.7. The van der Waals surface area contributed by atoms with Crippen LogP contribution < -0.4 is 5.32 Å². The Labute approximate surface area is 143 Å². The van der Waals surface area contributed by atoms with E-state index in [0.717, 1.165) is 70.4 Å². The Bertz CT molecular complexity index is 319. The molecule has 1 aliphatic heterocycles. The average molecular weight is 327 g/mol. The summed E-state index contributed by atoms with van der Waals surface area (Å²) in [7, 11) is 0. The van der Waals surface area contributed by atoms with E-state index in [1.54, 1.807) is 0 Å². The van der Waals surface area contributed by atoms with Gasteiger partial charge in [-0.25, -0.2) is 0 Å². The fraction of sp³-hybridized carbons (Fsp3) is 0.944. The smallest absolute Gasteiger partial charge is 0.194 e. The lowest BCUT2D eigenvalue weighted by molar-refractivity contribution is 0.163. The van der Waals surface area contributed by atoms with Gasteiger partial charge in [-0.3, -0.25) is 9.89 Å². The van der Waals surface area contributed by atoms with E-state index >= 15 is 0 Å². The van der Waals surface area contributed by atoms with E-state index < -0.39 is 0 Å². The van der Waals surface area contributed by atoms with Crippen molar-refractivity contribution < 1.29 is 5.11 Å². The first-order valence-corrected chi connectivity index (χ1v) is 9.47. The van der Waals surface area contributed by atoms with Gasteiger partial charge in [-0.2, -0.15) is 0 Å². The van der Waals surface area contributed by atoms with Gasteiger partial charge < -0.3 is 15.3 Å².